The predicted octanol–water partition coefficient (Wildman–Crippen LogP) is 1.94. The third-order valence-electron chi connectivity index (χ3n) is 5.05. The van der Waals surface area contributed by atoms with Crippen LogP contribution in [0.2, 0.25) is 0 Å². The fourth-order valence-electron chi connectivity index (χ4n) is 3.34. The normalized spacial score (nSPS) is 12.5. The lowest BCUT2D eigenvalue weighted by molar-refractivity contribution is -0.145. The van der Waals surface area contributed by atoms with Gasteiger partial charge < -0.3 is 25.0 Å². The van der Waals surface area contributed by atoms with Gasteiger partial charge in [0, 0.05) is 20.7 Å². The highest BCUT2D eigenvalue weighted by Crippen LogP contribution is 2.15. The highest BCUT2D eigenvalue weighted by molar-refractivity contribution is 6.38. The molecule has 1 rings (SSSR count). The van der Waals surface area contributed by atoms with Crippen LogP contribution in [-0.4, -0.2) is 74.6 Å². The van der Waals surface area contributed by atoms with Crippen molar-refractivity contribution in [3.8, 4) is 0 Å². The summed E-state index contributed by atoms with van der Waals surface area (Å²) >= 11 is 0. The molecule has 1 aromatic rings. The van der Waals surface area contributed by atoms with E-state index in [9.17, 15) is 19.2 Å². The first-order valence-corrected chi connectivity index (χ1v) is 11.3. The molecule has 0 radical (unpaired) electrons. The molecule has 0 spiro atoms. The van der Waals surface area contributed by atoms with Crippen molar-refractivity contribution in [2.24, 2.45) is 5.92 Å². The van der Waals surface area contributed by atoms with E-state index in [4.69, 9.17) is 9.47 Å². The molecule has 2 atom stereocenters. The Morgan fingerprint density at radius 2 is 1.73 bits per heavy atom. The molecule has 184 valence electrons. The Balaban J connectivity index is 3.03. The first kappa shape index (κ1) is 28.1. The van der Waals surface area contributed by atoms with Crippen molar-refractivity contribution in [1.29, 1.82) is 0 Å². The number of carbonyl (C=O) groups is 4. The number of amides is 3. The summed E-state index contributed by atoms with van der Waals surface area (Å²) < 4.78 is 9.89. The van der Waals surface area contributed by atoms with Gasteiger partial charge in [-0.05, 0) is 37.7 Å². The van der Waals surface area contributed by atoms with Crippen LogP contribution in [0.25, 0.3) is 0 Å². The summed E-state index contributed by atoms with van der Waals surface area (Å²) in [6, 6.07) is 7.66. The maximum absolute atomic E-state index is 13.3. The van der Waals surface area contributed by atoms with E-state index in [0.29, 0.717) is 19.4 Å². The van der Waals surface area contributed by atoms with Crippen molar-refractivity contribution in [2.75, 3.05) is 33.9 Å². The number of likely N-dealkylation sites (N-methyl/N-ethyl adjacent to an activating group) is 2. The van der Waals surface area contributed by atoms with Gasteiger partial charge in [0.1, 0.15) is 18.7 Å². The molecule has 0 saturated carbocycles. The van der Waals surface area contributed by atoms with Crippen LogP contribution < -0.4 is 10.6 Å². The molecular weight excluding hydrogens is 426 g/mol. The molecule has 0 saturated heterocycles. The SMILES string of the molecule is CCNC(=O)C(=O)[C@H](CCc1ccccc1)N(C)C(=O)[C@H](CC(C)C)NC(=O)OCCOC. The van der Waals surface area contributed by atoms with Crippen LogP contribution in [0.15, 0.2) is 30.3 Å². The van der Waals surface area contributed by atoms with Gasteiger partial charge in [0.15, 0.2) is 0 Å². The third kappa shape index (κ3) is 10.0. The van der Waals surface area contributed by atoms with Crippen LogP contribution in [0, 0.1) is 5.92 Å². The molecule has 1 aromatic carbocycles. The van der Waals surface area contributed by atoms with Gasteiger partial charge in [0.2, 0.25) is 11.7 Å². The lowest BCUT2D eigenvalue weighted by Crippen LogP contribution is -2.55. The molecule has 0 aromatic heterocycles. The quantitative estimate of drug-likeness (QED) is 0.322. The van der Waals surface area contributed by atoms with Crippen LogP contribution in [-0.2, 0) is 30.3 Å². The lowest BCUT2D eigenvalue weighted by atomic mass is 9.98. The minimum absolute atomic E-state index is 0.0517. The number of Topliss-reactive ketones (excluding diaryl/α,β-unsaturated/α-hetero) is 1. The summed E-state index contributed by atoms with van der Waals surface area (Å²) in [5, 5.41) is 5.10. The van der Waals surface area contributed by atoms with E-state index in [-0.39, 0.29) is 25.6 Å². The van der Waals surface area contributed by atoms with Crippen molar-refractivity contribution < 1.29 is 28.7 Å². The fourth-order valence-corrected chi connectivity index (χ4v) is 3.34. The third-order valence-corrected chi connectivity index (χ3v) is 5.05. The van der Waals surface area contributed by atoms with Gasteiger partial charge in [-0.1, -0.05) is 44.2 Å². The van der Waals surface area contributed by atoms with Crippen molar-refractivity contribution in [3.63, 3.8) is 0 Å². The van der Waals surface area contributed by atoms with Gasteiger partial charge in [-0.3, -0.25) is 14.4 Å². The second kappa shape index (κ2) is 15.0. The minimum Gasteiger partial charge on any atom is -0.447 e. The van der Waals surface area contributed by atoms with Gasteiger partial charge in [-0.25, -0.2) is 4.79 Å². The number of nitrogens with zero attached hydrogens (tertiary/aromatic N) is 1. The van der Waals surface area contributed by atoms with Crippen LogP contribution in [0.4, 0.5) is 4.79 Å². The molecule has 0 aliphatic rings. The zero-order valence-electron chi connectivity index (χ0n) is 20.3. The average Bonchev–Trinajstić information content (AvgIpc) is 2.78. The van der Waals surface area contributed by atoms with Gasteiger partial charge in [-0.2, -0.15) is 0 Å². The van der Waals surface area contributed by atoms with Crippen LogP contribution in [0.3, 0.4) is 0 Å². The largest absolute Gasteiger partial charge is 0.447 e. The average molecular weight is 464 g/mol. The zero-order valence-corrected chi connectivity index (χ0v) is 20.3. The Morgan fingerprint density at radius 3 is 2.30 bits per heavy atom. The Morgan fingerprint density at radius 1 is 1.06 bits per heavy atom. The van der Waals surface area contributed by atoms with E-state index in [1.807, 2.05) is 44.2 Å². The molecule has 9 heteroatoms. The van der Waals surface area contributed by atoms with E-state index >= 15 is 0 Å². The molecule has 0 fully saturated rings. The van der Waals surface area contributed by atoms with Crippen LogP contribution in [0.5, 0.6) is 0 Å². The summed E-state index contributed by atoms with van der Waals surface area (Å²) in [5.41, 5.74) is 0.991. The second-order valence-corrected chi connectivity index (χ2v) is 8.17. The van der Waals surface area contributed by atoms with Gasteiger partial charge >= 0.3 is 6.09 Å². The number of rotatable bonds is 14. The molecule has 0 heterocycles. The van der Waals surface area contributed by atoms with E-state index in [0.717, 1.165) is 5.56 Å². The summed E-state index contributed by atoms with van der Waals surface area (Å²) in [4.78, 5) is 52.0. The van der Waals surface area contributed by atoms with Crippen LogP contribution >= 0.6 is 0 Å². The lowest BCUT2D eigenvalue weighted by Gasteiger charge is -2.31. The molecule has 0 unspecified atom stereocenters. The molecule has 0 bridgehead atoms. The van der Waals surface area contributed by atoms with Crippen LogP contribution in [0.1, 0.15) is 39.2 Å². The molecule has 9 nitrogen and oxygen atoms in total. The Kier molecular flexibility index (Phi) is 12.8. The topological polar surface area (TPSA) is 114 Å². The number of benzene rings is 1. The van der Waals surface area contributed by atoms with Gasteiger partial charge in [-0.15, -0.1) is 0 Å². The number of hydrogen-bond donors (Lipinski definition) is 2. The number of ether oxygens (including phenoxy) is 2. The molecule has 2 N–H and O–H groups in total. The monoisotopic (exact) mass is 463 g/mol. The molecule has 33 heavy (non-hydrogen) atoms. The highest BCUT2D eigenvalue weighted by Gasteiger charge is 2.35. The number of alkyl carbamates (subject to hydrolysis) is 1. The molecule has 3 amide bonds. The van der Waals surface area contributed by atoms with E-state index < -0.39 is 35.8 Å². The maximum Gasteiger partial charge on any atom is 0.407 e. The van der Waals surface area contributed by atoms with E-state index in [1.54, 1.807) is 6.92 Å². The fraction of sp³-hybridized carbons (Fsp3) is 0.583. The number of carbonyl (C=O) groups excluding carboxylic acids is 4. The highest BCUT2D eigenvalue weighted by atomic mass is 16.6. The van der Waals surface area contributed by atoms with Crippen molar-refractivity contribution in [2.45, 2.75) is 52.1 Å². The Bertz CT molecular complexity index is 769. The number of nitrogens with one attached hydrogen (secondary N) is 2. The van der Waals surface area contributed by atoms with Gasteiger partial charge in [0.05, 0.1) is 6.61 Å². The Labute approximate surface area is 196 Å². The standard InChI is InChI=1S/C24H37N3O6/c1-6-25-22(29)21(28)20(13-12-18-10-8-7-9-11-18)27(4)23(30)19(16-17(2)3)26-24(31)33-15-14-32-5/h7-11,17,19-20H,6,12-16H2,1-5H3,(H,25,29)(H,26,31)/t19-,20-/m0/s1. The predicted molar refractivity (Wildman–Crippen MR) is 125 cm³/mol. The number of aryl methyl sites for hydroxylation is 1. The summed E-state index contributed by atoms with van der Waals surface area (Å²) in [6.45, 7) is 6.15. The maximum atomic E-state index is 13.3. The van der Waals surface area contributed by atoms with Gasteiger partial charge in [0.25, 0.3) is 5.91 Å². The zero-order chi connectivity index (χ0) is 24.8. The summed E-state index contributed by atoms with van der Waals surface area (Å²) in [6.07, 6.45) is 0.392. The minimum atomic E-state index is -0.967. The van der Waals surface area contributed by atoms with E-state index in [1.165, 1.54) is 19.1 Å². The second-order valence-electron chi connectivity index (χ2n) is 8.17. The van der Waals surface area contributed by atoms with Crippen molar-refractivity contribution in [3.05, 3.63) is 35.9 Å². The summed E-state index contributed by atoms with van der Waals surface area (Å²) in [5.74, 6) is -1.78. The first-order valence-electron chi connectivity index (χ1n) is 11.3. The van der Waals surface area contributed by atoms with Crippen molar-refractivity contribution in [1.82, 2.24) is 15.5 Å². The Hall–Kier alpha value is -2.94. The first-order chi connectivity index (χ1) is 15.7. The van der Waals surface area contributed by atoms with E-state index in [2.05, 4.69) is 10.6 Å². The number of methoxy groups -OCH3 is 1. The molecule has 0 aliphatic heterocycles. The number of ketones is 1. The summed E-state index contributed by atoms with van der Waals surface area (Å²) in [7, 11) is 2.98. The number of hydrogen-bond acceptors (Lipinski definition) is 6. The molecule has 0 aliphatic carbocycles. The smallest absolute Gasteiger partial charge is 0.407 e. The van der Waals surface area contributed by atoms with Crippen molar-refractivity contribution >= 4 is 23.7 Å². The molecular formula is C24H37N3O6.